The van der Waals surface area contributed by atoms with Gasteiger partial charge < -0.3 is 10.6 Å². The van der Waals surface area contributed by atoms with E-state index in [-0.39, 0.29) is 17.9 Å². The van der Waals surface area contributed by atoms with Crippen LogP contribution in [0, 0.1) is 0 Å². The Labute approximate surface area is 114 Å². The maximum absolute atomic E-state index is 12.0. The lowest BCUT2D eigenvalue weighted by Crippen LogP contribution is -2.54. The van der Waals surface area contributed by atoms with Gasteiger partial charge in [-0.15, -0.1) is 0 Å². The third kappa shape index (κ3) is 3.67. The van der Waals surface area contributed by atoms with Crippen molar-refractivity contribution < 1.29 is 9.59 Å². The molecule has 2 fully saturated rings. The standard InChI is InChI=1S/C13H24N4O2/c1-11(13(14)19)16-8-6-15(7-9-16)10-12(18)17-4-2-3-5-17/h11H,2-10H2,1H3,(H2,14,19). The van der Waals surface area contributed by atoms with Crippen LogP contribution in [0.25, 0.3) is 0 Å². The summed E-state index contributed by atoms with van der Waals surface area (Å²) in [7, 11) is 0. The third-order valence-corrected chi connectivity index (χ3v) is 4.18. The first-order chi connectivity index (χ1) is 9.08. The van der Waals surface area contributed by atoms with E-state index in [1.54, 1.807) is 0 Å². The predicted octanol–water partition coefficient (Wildman–Crippen LogP) is -0.900. The van der Waals surface area contributed by atoms with Crippen LogP contribution in [-0.4, -0.2) is 78.4 Å². The first kappa shape index (κ1) is 14.3. The van der Waals surface area contributed by atoms with E-state index in [4.69, 9.17) is 5.73 Å². The van der Waals surface area contributed by atoms with Gasteiger partial charge in [0.15, 0.2) is 0 Å². The molecule has 2 aliphatic heterocycles. The van der Waals surface area contributed by atoms with Gasteiger partial charge in [0, 0.05) is 39.3 Å². The molecule has 2 N–H and O–H groups in total. The van der Waals surface area contributed by atoms with Crippen LogP contribution in [0.1, 0.15) is 19.8 Å². The number of primary amides is 1. The van der Waals surface area contributed by atoms with Crippen LogP contribution >= 0.6 is 0 Å². The van der Waals surface area contributed by atoms with E-state index in [1.807, 2.05) is 11.8 Å². The van der Waals surface area contributed by atoms with Gasteiger partial charge in [0.25, 0.3) is 0 Å². The van der Waals surface area contributed by atoms with E-state index < -0.39 is 0 Å². The Hall–Kier alpha value is -1.14. The Balaban J connectivity index is 1.74. The molecule has 0 aromatic rings. The van der Waals surface area contributed by atoms with Crippen LogP contribution in [0.15, 0.2) is 0 Å². The molecular weight excluding hydrogens is 244 g/mol. The number of nitrogens with two attached hydrogens (primary N) is 1. The van der Waals surface area contributed by atoms with Crippen molar-refractivity contribution in [1.29, 1.82) is 0 Å². The molecule has 1 atom stereocenters. The number of nitrogens with zero attached hydrogens (tertiary/aromatic N) is 3. The molecule has 6 nitrogen and oxygen atoms in total. The number of carbonyl (C=O) groups excluding carboxylic acids is 2. The molecule has 1 unspecified atom stereocenters. The molecular formula is C13H24N4O2. The van der Waals surface area contributed by atoms with Crippen LogP contribution in [0.4, 0.5) is 0 Å². The average molecular weight is 268 g/mol. The van der Waals surface area contributed by atoms with Crippen molar-refractivity contribution >= 4 is 11.8 Å². The topological polar surface area (TPSA) is 69.9 Å². The molecule has 2 aliphatic rings. The van der Waals surface area contributed by atoms with Gasteiger partial charge >= 0.3 is 0 Å². The summed E-state index contributed by atoms with van der Waals surface area (Å²) >= 11 is 0. The first-order valence-corrected chi connectivity index (χ1v) is 7.11. The highest BCUT2D eigenvalue weighted by atomic mass is 16.2. The van der Waals surface area contributed by atoms with E-state index >= 15 is 0 Å². The highest BCUT2D eigenvalue weighted by Gasteiger charge is 2.26. The third-order valence-electron chi connectivity index (χ3n) is 4.18. The Morgan fingerprint density at radius 1 is 1.05 bits per heavy atom. The maximum Gasteiger partial charge on any atom is 0.236 e. The Morgan fingerprint density at radius 2 is 1.63 bits per heavy atom. The van der Waals surface area contributed by atoms with Crippen molar-refractivity contribution in [3.05, 3.63) is 0 Å². The molecule has 0 aromatic heterocycles. The fraction of sp³-hybridized carbons (Fsp3) is 0.846. The zero-order valence-corrected chi connectivity index (χ0v) is 11.7. The van der Waals surface area contributed by atoms with E-state index in [0.29, 0.717) is 6.54 Å². The zero-order chi connectivity index (χ0) is 13.8. The van der Waals surface area contributed by atoms with Gasteiger partial charge in [-0.2, -0.15) is 0 Å². The van der Waals surface area contributed by atoms with Crippen molar-refractivity contribution in [3.8, 4) is 0 Å². The summed E-state index contributed by atoms with van der Waals surface area (Å²) < 4.78 is 0. The van der Waals surface area contributed by atoms with Crippen molar-refractivity contribution in [1.82, 2.24) is 14.7 Å². The van der Waals surface area contributed by atoms with Crippen molar-refractivity contribution in [2.45, 2.75) is 25.8 Å². The zero-order valence-electron chi connectivity index (χ0n) is 11.7. The monoisotopic (exact) mass is 268 g/mol. The Morgan fingerprint density at radius 3 is 2.16 bits per heavy atom. The SMILES string of the molecule is CC(C(N)=O)N1CCN(CC(=O)N2CCCC2)CC1. The molecule has 0 saturated carbocycles. The fourth-order valence-electron chi connectivity index (χ4n) is 2.75. The molecule has 2 rings (SSSR count). The molecule has 0 bridgehead atoms. The number of rotatable bonds is 4. The molecule has 0 aromatic carbocycles. The number of amides is 2. The second kappa shape index (κ2) is 6.34. The molecule has 0 radical (unpaired) electrons. The quantitative estimate of drug-likeness (QED) is 0.717. The maximum atomic E-state index is 12.0. The number of likely N-dealkylation sites (tertiary alicyclic amines) is 1. The summed E-state index contributed by atoms with van der Waals surface area (Å²) in [6.07, 6.45) is 2.27. The molecule has 0 spiro atoms. The molecule has 2 saturated heterocycles. The number of hydrogen-bond acceptors (Lipinski definition) is 4. The number of piperazine rings is 1. The summed E-state index contributed by atoms with van der Waals surface area (Å²) in [4.78, 5) is 29.4. The van der Waals surface area contributed by atoms with Crippen molar-refractivity contribution in [3.63, 3.8) is 0 Å². The average Bonchev–Trinajstić information content (AvgIpc) is 2.92. The van der Waals surface area contributed by atoms with Gasteiger partial charge in [-0.05, 0) is 19.8 Å². The minimum atomic E-state index is -0.276. The van der Waals surface area contributed by atoms with Crippen molar-refractivity contribution in [2.24, 2.45) is 5.73 Å². The normalized spacial score (nSPS) is 23.5. The van der Waals surface area contributed by atoms with Crippen molar-refractivity contribution in [2.75, 3.05) is 45.8 Å². The van der Waals surface area contributed by atoms with Crippen LogP contribution in [-0.2, 0) is 9.59 Å². The van der Waals surface area contributed by atoms with Gasteiger partial charge in [-0.1, -0.05) is 0 Å². The van der Waals surface area contributed by atoms with Gasteiger partial charge in [0.1, 0.15) is 0 Å². The van der Waals surface area contributed by atoms with Gasteiger partial charge in [-0.3, -0.25) is 19.4 Å². The minimum Gasteiger partial charge on any atom is -0.368 e. The second-order valence-corrected chi connectivity index (χ2v) is 5.48. The Kier molecular flexibility index (Phi) is 4.76. The lowest BCUT2D eigenvalue weighted by Gasteiger charge is -2.37. The summed E-state index contributed by atoms with van der Waals surface area (Å²) in [6, 6.07) is -0.212. The molecule has 108 valence electrons. The summed E-state index contributed by atoms with van der Waals surface area (Å²) in [6.45, 7) is 7.45. The van der Waals surface area contributed by atoms with E-state index in [2.05, 4.69) is 9.80 Å². The molecule has 2 amide bonds. The lowest BCUT2D eigenvalue weighted by atomic mass is 10.2. The Bertz CT molecular complexity index is 334. The van der Waals surface area contributed by atoms with E-state index in [1.165, 1.54) is 0 Å². The van der Waals surface area contributed by atoms with Gasteiger partial charge in [-0.25, -0.2) is 0 Å². The largest absolute Gasteiger partial charge is 0.368 e. The molecule has 0 aliphatic carbocycles. The summed E-state index contributed by atoms with van der Waals surface area (Å²) in [5.74, 6) is -0.0320. The highest BCUT2D eigenvalue weighted by molar-refractivity contribution is 5.79. The van der Waals surface area contributed by atoms with Crippen LogP contribution in [0.3, 0.4) is 0 Å². The second-order valence-electron chi connectivity index (χ2n) is 5.48. The summed E-state index contributed by atoms with van der Waals surface area (Å²) in [5.41, 5.74) is 5.31. The lowest BCUT2D eigenvalue weighted by molar-refractivity contribution is -0.132. The fourth-order valence-corrected chi connectivity index (χ4v) is 2.75. The van der Waals surface area contributed by atoms with Crippen LogP contribution < -0.4 is 5.73 Å². The predicted molar refractivity (Wildman–Crippen MR) is 72.5 cm³/mol. The minimum absolute atomic E-state index is 0.212. The van der Waals surface area contributed by atoms with Gasteiger partial charge in [0.05, 0.1) is 12.6 Å². The van der Waals surface area contributed by atoms with E-state index in [0.717, 1.165) is 52.1 Å². The van der Waals surface area contributed by atoms with Gasteiger partial charge in [0.2, 0.25) is 11.8 Å². The molecule has 2 heterocycles. The first-order valence-electron chi connectivity index (χ1n) is 7.11. The summed E-state index contributed by atoms with van der Waals surface area (Å²) in [5, 5.41) is 0. The molecule has 19 heavy (non-hydrogen) atoms. The van der Waals surface area contributed by atoms with Crippen LogP contribution in [0.2, 0.25) is 0 Å². The number of hydrogen-bond donors (Lipinski definition) is 1. The highest BCUT2D eigenvalue weighted by Crippen LogP contribution is 2.10. The molecule has 6 heteroatoms. The smallest absolute Gasteiger partial charge is 0.236 e. The van der Waals surface area contributed by atoms with Crippen LogP contribution in [0.5, 0.6) is 0 Å². The van der Waals surface area contributed by atoms with E-state index in [9.17, 15) is 9.59 Å². The number of carbonyl (C=O) groups is 2.